The van der Waals surface area contributed by atoms with Gasteiger partial charge in [0, 0.05) is 0 Å². The van der Waals surface area contributed by atoms with Gasteiger partial charge in [0.1, 0.15) is 5.75 Å². The molecule has 3 heteroatoms. The van der Waals surface area contributed by atoms with Crippen LogP contribution < -0.4 is 9.47 Å². The van der Waals surface area contributed by atoms with E-state index in [1.54, 1.807) is 25.3 Å². The van der Waals surface area contributed by atoms with E-state index in [1.807, 2.05) is 31.2 Å². The summed E-state index contributed by atoms with van der Waals surface area (Å²) in [5, 5.41) is 0. The average Bonchev–Trinajstić information content (AvgIpc) is 2.41. The van der Waals surface area contributed by atoms with E-state index in [2.05, 4.69) is 0 Å². The van der Waals surface area contributed by atoms with Crippen LogP contribution >= 0.6 is 0 Å². The number of rotatable bonds is 4. The van der Waals surface area contributed by atoms with Gasteiger partial charge in [-0.2, -0.15) is 0 Å². The first-order chi connectivity index (χ1) is 8.74. The van der Waals surface area contributed by atoms with Gasteiger partial charge in [0.15, 0.2) is 17.8 Å². The summed E-state index contributed by atoms with van der Waals surface area (Å²) in [7, 11) is 1.55. The Morgan fingerprint density at radius 2 is 1.78 bits per heavy atom. The van der Waals surface area contributed by atoms with Crippen LogP contribution in [0, 0.1) is 6.92 Å². The van der Waals surface area contributed by atoms with E-state index in [0.29, 0.717) is 22.8 Å². The summed E-state index contributed by atoms with van der Waals surface area (Å²) < 4.78 is 10.9. The average molecular weight is 242 g/mol. The molecule has 0 spiro atoms. The van der Waals surface area contributed by atoms with Crippen molar-refractivity contribution in [2.75, 3.05) is 7.11 Å². The molecule has 0 saturated carbocycles. The molecule has 0 aliphatic carbocycles. The van der Waals surface area contributed by atoms with Crippen molar-refractivity contribution in [3.63, 3.8) is 0 Å². The highest BCUT2D eigenvalue weighted by Gasteiger charge is 2.10. The Morgan fingerprint density at radius 1 is 1.06 bits per heavy atom. The van der Waals surface area contributed by atoms with Crippen LogP contribution in [0.2, 0.25) is 0 Å². The number of hydrogen-bond donors (Lipinski definition) is 0. The van der Waals surface area contributed by atoms with E-state index in [4.69, 9.17) is 9.47 Å². The number of carbonyl (C=O) groups is 1. The van der Waals surface area contributed by atoms with E-state index in [9.17, 15) is 4.79 Å². The fourth-order valence-electron chi connectivity index (χ4n) is 1.62. The van der Waals surface area contributed by atoms with Crippen LogP contribution in [-0.2, 0) is 0 Å². The fraction of sp³-hybridized carbons (Fsp3) is 0.133. The van der Waals surface area contributed by atoms with Crippen molar-refractivity contribution in [3.05, 3.63) is 53.6 Å². The van der Waals surface area contributed by atoms with E-state index in [1.165, 1.54) is 0 Å². The molecular formula is C15H14O3. The normalized spacial score (nSPS) is 9.89. The molecule has 2 rings (SSSR count). The zero-order chi connectivity index (χ0) is 13.0. The Balaban J connectivity index is 2.38. The first-order valence-electron chi connectivity index (χ1n) is 5.61. The monoisotopic (exact) mass is 242 g/mol. The van der Waals surface area contributed by atoms with Gasteiger partial charge in [-0.3, -0.25) is 4.79 Å². The molecule has 0 amide bonds. The van der Waals surface area contributed by atoms with Crippen molar-refractivity contribution in [2.24, 2.45) is 0 Å². The maximum absolute atomic E-state index is 11.0. The lowest BCUT2D eigenvalue weighted by Gasteiger charge is -2.12. The van der Waals surface area contributed by atoms with Crippen molar-refractivity contribution in [1.82, 2.24) is 0 Å². The van der Waals surface area contributed by atoms with Crippen molar-refractivity contribution in [3.8, 4) is 17.2 Å². The number of ether oxygens (including phenoxy) is 2. The van der Waals surface area contributed by atoms with Crippen LogP contribution in [0.3, 0.4) is 0 Å². The van der Waals surface area contributed by atoms with Crippen LogP contribution in [0.1, 0.15) is 15.9 Å². The largest absolute Gasteiger partial charge is 0.493 e. The lowest BCUT2D eigenvalue weighted by Crippen LogP contribution is -1.94. The van der Waals surface area contributed by atoms with Gasteiger partial charge >= 0.3 is 0 Å². The molecule has 0 unspecified atom stereocenters. The summed E-state index contributed by atoms with van der Waals surface area (Å²) in [6.07, 6.45) is 0.756. The number of aryl methyl sites for hydroxylation is 1. The molecule has 0 saturated heterocycles. The van der Waals surface area contributed by atoms with Gasteiger partial charge in [0.25, 0.3) is 0 Å². The first kappa shape index (κ1) is 12.2. The minimum Gasteiger partial charge on any atom is -0.493 e. The summed E-state index contributed by atoms with van der Waals surface area (Å²) in [6.45, 7) is 2.00. The highest BCUT2D eigenvalue weighted by atomic mass is 16.5. The number of hydrogen-bond acceptors (Lipinski definition) is 3. The molecule has 2 aromatic carbocycles. The Labute approximate surface area is 106 Å². The third kappa shape index (κ3) is 2.51. The predicted molar refractivity (Wildman–Crippen MR) is 69.6 cm³/mol. The first-order valence-corrected chi connectivity index (χ1v) is 5.61. The van der Waals surface area contributed by atoms with Gasteiger partial charge in [-0.25, -0.2) is 0 Å². The van der Waals surface area contributed by atoms with Gasteiger partial charge in [-0.1, -0.05) is 23.8 Å². The van der Waals surface area contributed by atoms with Crippen molar-refractivity contribution in [1.29, 1.82) is 0 Å². The van der Waals surface area contributed by atoms with Crippen molar-refractivity contribution >= 4 is 6.29 Å². The fourth-order valence-corrected chi connectivity index (χ4v) is 1.62. The molecule has 2 aromatic rings. The second-order valence-corrected chi connectivity index (χ2v) is 3.91. The van der Waals surface area contributed by atoms with E-state index in [-0.39, 0.29) is 0 Å². The number of benzene rings is 2. The van der Waals surface area contributed by atoms with Crippen LogP contribution in [-0.4, -0.2) is 13.4 Å². The van der Waals surface area contributed by atoms with Crippen LogP contribution in [0.25, 0.3) is 0 Å². The Morgan fingerprint density at radius 3 is 2.39 bits per heavy atom. The highest BCUT2D eigenvalue weighted by molar-refractivity contribution is 5.81. The molecule has 92 valence electrons. The smallest absolute Gasteiger partial charge is 0.179 e. The molecule has 0 heterocycles. The minimum atomic E-state index is 0.443. The molecular weight excluding hydrogens is 228 g/mol. The summed E-state index contributed by atoms with van der Waals surface area (Å²) in [5.74, 6) is 1.66. The van der Waals surface area contributed by atoms with Gasteiger partial charge in [0.05, 0.1) is 12.7 Å². The molecule has 0 fully saturated rings. The Bertz CT molecular complexity index is 544. The van der Waals surface area contributed by atoms with Crippen molar-refractivity contribution < 1.29 is 14.3 Å². The van der Waals surface area contributed by atoms with Gasteiger partial charge in [-0.15, -0.1) is 0 Å². The lowest BCUT2D eigenvalue weighted by molar-refractivity contribution is 0.112. The quantitative estimate of drug-likeness (QED) is 0.768. The molecule has 3 nitrogen and oxygen atoms in total. The van der Waals surface area contributed by atoms with E-state index in [0.717, 1.165) is 11.8 Å². The third-order valence-electron chi connectivity index (χ3n) is 2.60. The Hall–Kier alpha value is -2.29. The molecule has 18 heavy (non-hydrogen) atoms. The van der Waals surface area contributed by atoms with Gasteiger partial charge in [0.2, 0.25) is 0 Å². The van der Waals surface area contributed by atoms with Gasteiger partial charge in [-0.05, 0) is 31.2 Å². The highest BCUT2D eigenvalue weighted by Crippen LogP contribution is 2.34. The summed E-state index contributed by atoms with van der Waals surface area (Å²) in [5.41, 5.74) is 1.62. The lowest BCUT2D eigenvalue weighted by atomic mass is 10.2. The third-order valence-corrected chi connectivity index (χ3v) is 2.60. The second kappa shape index (κ2) is 5.36. The maximum Gasteiger partial charge on any atom is 0.179 e. The summed E-state index contributed by atoms with van der Waals surface area (Å²) >= 11 is 0. The molecule has 0 N–H and O–H groups in total. The zero-order valence-electron chi connectivity index (χ0n) is 10.3. The molecule has 0 aliphatic rings. The maximum atomic E-state index is 11.0. The minimum absolute atomic E-state index is 0.443. The second-order valence-electron chi connectivity index (χ2n) is 3.91. The predicted octanol–water partition coefficient (Wildman–Crippen LogP) is 3.61. The molecule has 0 aliphatic heterocycles. The molecule has 0 bridgehead atoms. The molecule has 0 aromatic heterocycles. The zero-order valence-corrected chi connectivity index (χ0v) is 10.3. The molecule has 0 atom stereocenters. The standard InChI is InChI=1S/C15H14O3/c1-11-6-8-13(9-7-11)18-15-12(10-16)4-3-5-14(15)17-2/h3-10H,1-2H3. The number of para-hydroxylation sites is 1. The van der Waals surface area contributed by atoms with E-state index < -0.39 is 0 Å². The SMILES string of the molecule is COc1cccc(C=O)c1Oc1ccc(C)cc1. The topological polar surface area (TPSA) is 35.5 Å². The number of aldehydes is 1. The van der Waals surface area contributed by atoms with Gasteiger partial charge < -0.3 is 9.47 Å². The van der Waals surface area contributed by atoms with Crippen molar-refractivity contribution in [2.45, 2.75) is 6.92 Å². The summed E-state index contributed by atoms with van der Waals surface area (Å²) in [6, 6.07) is 12.8. The van der Waals surface area contributed by atoms with E-state index >= 15 is 0 Å². The van der Waals surface area contributed by atoms with Crippen LogP contribution in [0.5, 0.6) is 17.2 Å². The van der Waals surface area contributed by atoms with Crippen LogP contribution in [0.4, 0.5) is 0 Å². The van der Waals surface area contributed by atoms with Crippen LogP contribution in [0.15, 0.2) is 42.5 Å². The number of methoxy groups -OCH3 is 1. The summed E-state index contributed by atoms with van der Waals surface area (Å²) in [4.78, 5) is 11.0. The number of carbonyl (C=O) groups excluding carboxylic acids is 1. The Kier molecular flexibility index (Phi) is 3.63. The molecule has 0 radical (unpaired) electrons.